The van der Waals surface area contributed by atoms with Crippen LogP contribution < -0.4 is 15.4 Å². The molecule has 2 aromatic carbocycles. The van der Waals surface area contributed by atoms with Crippen molar-refractivity contribution in [2.24, 2.45) is 0 Å². The fourth-order valence-corrected chi connectivity index (χ4v) is 3.27. The molecular weight excluding hydrogens is 398 g/mol. The summed E-state index contributed by atoms with van der Waals surface area (Å²) in [6.07, 6.45) is -1.25. The molecule has 9 nitrogen and oxygen atoms in total. The van der Waals surface area contributed by atoms with Gasteiger partial charge in [-0.05, 0) is 30.7 Å². The number of carbonyl (C=O) groups is 3. The normalized spacial score (nSPS) is 11.9. The highest BCUT2D eigenvalue weighted by Crippen LogP contribution is 2.14. The Morgan fingerprint density at radius 2 is 1.72 bits per heavy atom. The summed E-state index contributed by atoms with van der Waals surface area (Å²) in [5.74, 6) is -1.71. The second-order valence-corrected chi connectivity index (χ2v) is 7.72. The topological polar surface area (TPSA) is 131 Å². The SMILES string of the molecule is CNC(=O)NC(=O)[C@@H](C)OC(=O)c1cccc(S(=O)(=O)NCc2ccccc2)c1. The van der Waals surface area contributed by atoms with Crippen LogP contribution in [0.25, 0.3) is 0 Å². The zero-order chi connectivity index (χ0) is 21.4. The second kappa shape index (κ2) is 9.80. The second-order valence-electron chi connectivity index (χ2n) is 5.95. The minimum Gasteiger partial charge on any atom is -0.449 e. The zero-order valence-corrected chi connectivity index (χ0v) is 16.7. The number of benzene rings is 2. The van der Waals surface area contributed by atoms with E-state index in [0.717, 1.165) is 11.6 Å². The van der Waals surface area contributed by atoms with E-state index >= 15 is 0 Å². The van der Waals surface area contributed by atoms with Crippen molar-refractivity contribution in [1.82, 2.24) is 15.4 Å². The van der Waals surface area contributed by atoms with Gasteiger partial charge < -0.3 is 10.1 Å². The number of nitrogens with one attached hydrogen (secondary N) is 3. The Balaban J connectivity index is 2.06. The van der Waals surface area contributed by atoms with Crippen LogP contribution in [0.5, 0.6) is 0 Å². The molecule has 0 bridgehead atoms. The third-order valence-corrected chi connectivity index (χ3v) is 5.20. The van der Waals surface area contributed by atoms with Gasteiger partial charge in [0.2, 0.25) is 10.0 Å². The van der Waals surface area contributed by atoms with Crippen LogP contribution in [0.4, 0.5) is 4.79 Å². The minimum atomic E-state index is -3.87. The van der Waals surface area contributed by atoms with E-state index in [9.17, 15) is 22.8 Å². The fourth-order valence-electron chi connectivity index (χ4n) is 2.21. The Bertz CT molecular complexity index is 992. The molecular formula is C19H21N3O6S. The van der Waals surface area contributed by atoms with Gasteiger partial charge in [-0.3, -0.25) is 10.1 Å². The van der Waals surface area contributed by atoms with Crippen molar-refractivity contribution < 1.29 is 27.5 Å². The van der Waals surface area contributed by atoms with Crippen molar-refractivity contribution in [3.63, 3.8) is 0 Å². The van der Waals surface area contributed by atoms with Crippen molar-refractivity contribution in [2.45, 2.75) is 24.5 Å². The Labute approximate surface area is 168 Å². The first-order valence-electron chi connectivity index (χ1n) is 8.60. The van der Waals surface area contributed by atoms with Crippen molar-refractivity contribution in [3.05, 3.63) is 65.7 Å². The number of hydrogen-bond acceptors (Lipinski definition) is 6. The molecule has 0 spiro atoms. The minimum absolute atomic E-state index is 0.0489. The monoisotopic (exact) mass is 419 g/mol. The van der Waals surface area contributed by atoms with Gasteiger partial charge in [-0.1, -0.05) is 36.4 Å². The van der Waals surface area contributed by atoms with Crippen LogP contribution in [-0.4, -0.2) is 39.5 Å². The van der Waals surface area contributed by atoms with Crippen molar-refractivity contribution >= 4 is 27.9 Å². The van der Waals surface area contributed by atoms with Crippen LogP contribution in [0.15, 0.2) is 59.5 Å². The molecule has 0 unspecified atom stereocenters. The van der Waals surface area contributed by atoms with Crippen LogP contribution >= 0.6 is 0 Å². The molecule has 3 amide bonds. The number of rotatable bonds is 7. The maximum absolute atomic E-state index is 12.5. The molecule has 2 aromatic rings. The van der Waals surface area contributed by atoms with Crippen LogP contribution in [-0.2, 0) is 26.1 Å². The average Bonchev–Trinajstić information content (AvgIpc) is 2.73. The first-order chi connectivity index (χ1) is 13.7. The van der Waals surface area contributed by atoms with Gasteiger partial charge in [0.05, 0.1) is 10.5 Å². The molecule has 10 heteroatoms. The average molecular weight is 419 g/mol. The molecule has 0 heterocycles. The maximum atomic E-state index is 12.5. The molecule has 0 saturated carbocycles. The molecule has 29 heavy (non-hydrogen) atoms. The Morgan fingerprint density at radius 1 is 1.03 bits per heavy atom. The molecule has 0 aliphatic rings. The van der Waals surface area contributed by atoms with E-state index in [4.69, 9.17) is 4.74 Å². The lowest BCUT2D eigenvalue weighted by Crippen LogP contribution is -2.43. The lowest BCUT2D eigenvalue weighted by molar-refractivity contribution is -0.127. The number of carbonyl (C=O) groups excluding carboxylic acids is 3. The van der Waals surface area contributed by atoms with Crippen LogP contribution in [0, 0.1) is 0 Å². The predicted octanol–water partition coefficient (Wildman–Crippen LogP) is 1.17. The molecule has 0 aliphatic carbocycles. The summed E-state index contributed by atoms with van der Waals surface area (Å²) in [5, 5.41) is 4.18. The molecule has 0 aromatic heterocycles. The molecule has 0 fully saturated rings. The first kappa shape index (κ1) is 22.1. The van der Waals surface area contributed by atoms with Gasteiger partial charge in [-0.25, -0.2) is 22.7 Å². The summed E-state index contributed by atoms with van der Waals surface area (Å²) in [7, 11) is -2.54. The summed E-state index contributed by atoms with van der Waals surface area (Å²) in [6.45, 7) is 1.38. The van der Waals surface area contributed by atoms with Gasteiger partial charge in [0.25, 0.3) is 5.91 Å². The first-order valence-corrected chi connectivity index (χ1v) is 10.1. The number of hydrogen-bond donors (Lipinski definition) is 3. The lowest BCUT2D eigenvalue weighted by atomic mass is 10.2. The van der Waals surface area contributed by atoms with Gasteiger partial charge >= 0.3 is 12.0 Å². The largest absolute Gasteiger partial charge is 0.449 e. The number of sulfonamides is 1. The molecule has 0 aliphatic heterocycles. The van der Waals surface area contributed by atoms with E-state index in [1.165, 1.54) is 32.2 Å². The highest BCUT2D eigenvalue weighted by atomic mass is 32.2. The highest BCUT2D eigenvalue weighted by Gasteiger charge is 2.22. The Hall–Kier alpha value is -3.24. The molecule has 154 valence electrons. The summed E-state index contributed by atoms with van der Waals surface area (Å²) >= 11 is 0. The maximum Gasteiger partial charge on any atom is 0.338 e. The van der Waals surface area contributed by atoms with E-state index in [-0.39, 0.29) is 17.0 Å². The van der Waals surface area contributed by atoms with E-state index < -0.39 is 34.0 Å². The zero-order valence-electron chi connectivity index (χ0n) is 15.8. The molecule has 1 atom stereocenters. The van der Waals surface area contributed by atoms with Gasteiger partial charge in [0, 0.05) is 13.6 Å². The lowest BCUT2D eigenvalue weighted by Gasteiger charge is -2.13. The molecule has 3 N–H and O–H groups in total. The van der Waals surface area contributed by atoms with Gasteiger partial charge in [-0.15, -0.1) is 0 Å². The van der Waals surface area contributed by atoms with Crippen molar-refractivity contribution in [1.29, 1.82) is 0 Å². The number of imide groups is 1. The van der Waals surface area contributed by atoms with Gasteiger partial charge in [-0.2, -0.15) is 0 Å². The number of ether oxygens (including phenoxy) is 1. The standard InChI is InChI=1S/C19H21N3O6S/c1-13(17(23)22-19(25)20-2)28-18(24)15-9-6-10-16(11-15)29(26,27)21-12-14-7-4-3-5-8-14/h3-11,13,21H,12H2,1-2H3,(H2,20,22,23,25)/t13-/m1/s1. The van der Waals surface area contributed by atoms with E-state index in [1.807, 2.05) is 11.4 Å². The molecule has 2 rings (SSSR count). The number of urea groups is 1. The van der Waals surface area contributed by atoms with Crippen molar-refractivity contribution in [2.75, 3.05) is 7.05 Å². The summed E-state index contributed by atoms with van der Waals surface area (Å²) in [5.41, 5.74) is 0.731. The predicted molar refractivity (Wildman–Crippen MR) is 104 cm³/mol. The molecule has 0 radical (unpaired) electrons. The van der Waals surface area contributed by atoms with E-state index in [2.05, 4.69) is 10.0 Å². The Kier molecular flexibility index (Phi) is 7.46. The van der Waals surface area contributed by atoms with Crippen LogP contribution in [0.3, 0.4) is 0 Å². The summed E-state index contributed by atoms with van der Waals surface area (Å²) in [4.78, 5) is 35.0. The highest BCUT2D eigenvalue weighted by molar-refractivity contribution is 7.89. The fraction of sp³-hybridized carbons (Fsp3) is 0.211. The number of esters is 1. The van der Waals surface area contributed by atoms with Gasteiger partial charge in [0.1, 0.15) is 0 Å². The third kappa shape index (κ3) is 6.40. The smallest absolute Gasteiger partial charge is 0.338 e. The van der Waals surface area contributed by atoms with Gasteiger partial charge in [0.15, 0.2) is 6.10 Å². The third-order valence-electron chi connectivity index (χ3n) is 3.81. The summed E-state index contributed by atoms with van der Waals surface area (Å²) in [6, 6.07) is 13.5. The quantitative estimate of drug-likeness (QED) is 0.578. The summed E-state index contributed by atoms with van der Waals surface area (Å²) < 4.78 is 32.4. The van der Waals surface area contributed by atoms with Crippen LogP contribution in [0.2, 0.25) is 0 Å². The number of amides is 3. The molecule has 0 saturated heterocycles. The van der Waals surface area contributed by atoms with E-state index in [0.29, 0.717) is 0 Å². The van der Waals surface area contributed by atoms with Crippen LogP contribution in [0.1, 0.15) is 22.8 Å². The van der Waals surface area contributed by atoms with Crippen molar-refractivity contribution in [3.8, 4) is 0 Å². The van der Waals surface area contributed by atoms with E-state index in [1.54, 1.807) is 24.3 Å². The Morgan fingerprint density at radius 3 is 2.38 bits per heavy atom.